The van der Waals surface area contributed by atoms with E-state index < -0.39 is 0 Å². The number of fused-ring (bicyclic) bond motifs is 1. The summed E-state index contributed by atoms with van der Waals surface area (Å²) in [7, 11) is 1.77. The number of thiazole rings is 1. The standard InChI is InChI=1S/C19H26N4O2S/c1-14-13-26-18(22-14)6-3-4-9-21-19(20-2)23-15-7-8-16-17(12-15)25-11-5-10-24-16/h7-8,12-13H,3-6,9-11H2,1-2H3,(H2,20,21,23). The van der Waals surface area contributed by atoms with Gasteiger partial charge in [-0.25, -0.2) is 4.98 Å². The van der Waals surface area contributed by atoms with Gasteiger partial charge in [0.15, 0.2) is 17.5 Å². The first-order valence-electron chi connectivity index (χ1n) is 9.03. The topological polar surface area (TPSA) is 67.8 Å². The number of unbranched alkanes of at least 4 members (excludes halogenated alkanes) is 1. The molecule has 1 aliphatic heterocycles. The number of rotatable bonds is 6. The van der Waals surface area contributed by atoms with Crippen LogP contribution in [0.1, 0.15) is 30.0 Å². The fraction of sp³-hybridized carbons (Fsp3) is 0.474. The van der Waals surface area contributed by atoms with Gasteiger partial charge in [-0.15, -0.1) is 11.3 Å². The summed E-state index contributed by atoms with van der Waals surface area (Å²) in [5.74, 6) is 2.33. The Bertz CT molecular complexity index is 745. The largest absolute Gasteiger partial charge is 0.490 e. The Hall–Kier alpha value is -2.28. The summed E-state index contributed by atoms with van der Waals surface area (Å²) in [6, 6.07) is 5.87. The van der Waals surface area contributed by atoms with Crippen LogP contribution >= 0.6 is 11.3 Å². The number of anilines is 1. The van der Waals surface area contributed by atoms with Crippen LogP contribution in [0.25, 0.3) is 0 Å². The Morgan fingerprint density at radius 2 is 2.08 bits per heavy atom. The molecule has 0 bridgehead atoms. The van der Waals surface area contributed by atoms with E-state index in [1.54, 1.807) is 18.4 Å². The SMILES string of the molecule is CN=C(NCCCCc1nc(C)cs1)Nc1ccc2c(c1)OCCCO2. The maximum atomic E-state index is 5.73. The van der Waals surface area contributed by atoms with Gasteiger partial charge in [0.1, 0.15) is 0 Å². The summed E-state index contributed by atoms with van der Waals surface area (Å²) in [5.41, 5.74) is 2.04. The number of aromatic nitrogens is 1. The van der Waals surface area contributed by atoms with Crippen LogP contribution in [0.4, 0.5) is 5.69 Å². The van der Waals surface area contributed by atoms with Crippen LogP contribution < -0.4 is 20.1 Å². The van der Waals surface area contributed by atoms with Crippen LogP contribution in [-0.2, 0) is 6.42 Å². The van der Waals surface area contributed by atoms with Gasteiger partial charge in [0.2, 0.25) is 0 Å². The van der Waals surface area contributed by atoms with Gasteiger partial charge in [0, 0.05) is 42.8 Å². The number of aryl methyl sites for hydroxylation is 2. The highest BCUT2D eigenvalue weighted by atomic mass is 32.1. The normalized spacial score (nSPS) is 14.0. The highest BCUT2D eigenvalue weighted by Crippen LogP contribution is 2.32. The Kier molecular flexibility index (Phi) is 6.71. The van der Waals surface area contributed by atoms with Crippen molar-refractivity contribution in [3.05, 3.63) is 34.3 Å². The van der Waals surface area contributed by atoms with E-state index in [9.17, 15) is 0 Å². The molecule has 0 fully saturated rings. The molecule has 140 valence electrons. The van der Waals surface area contributed by atoms with E-state index in [1.165, 1.54) is 5.01 Å². The molecular formula is C19H26N4O2S. The molecule has 0 saturated heterocycles. The van der Waals surface area contributed by atoms with E-state index in [0.717, 1.165) is 61.1 Å². The van der Waals surface area contributed by atoms with Crippen molar-refractivity contribution in [1.82, 2.24) is 10.3 Å². The fourth-order valence-electron chi connectivity index (χ4n) is 2.68. The van der Waals surface area contributed by atoms with Crippen LogP contribution in [0.5, 0.6) is 11.5 Å². The minimum atomic E-state index is 0.683. The molecule has 26 heavy (non-hydrogen) atoms. The molecule has 1 aromatic carbocycles. The number of nitrogens with zero attached hydrogens (tertiary/aromatic N) is 2. The molecule has 6 nitrogen and oxygen atoms in total. The number of aliphatic imine (C=N–C) groups is 1. The Balaban J connectivity index is 1.43. The molecule has 2 heterocycles. The molecular weight excluding hydrogens is 348 g/mol. The van der Waals surface area contributed by atoms with E-state index in [2.05, 4.69) is 26.0 Å². The quantitative estimate of drug-likeness (QED) is 0.459. The molecule has 2 N–H and O–H groups in total. The van der Waals surface area contributed by atoms with Gasteiger partial charge in [-0.05, 0) is 38.3 Å². The lowest BCUT2D eigenvalue weighted by Gasteiger charge is -2.14. The minimum absolute atomic E-state index is 0.683. The van der Waals surface area contributed by atoms with Gasteiger partial charge in [0.05, 0.1) is 18.2 Å². The first-order valence-corrected chi connectivity index (χ1v) is 9.91. The van der Waals surface area contributed by atoms with Crippen LogP contribution in [0.3, 0.4) is 0 Å². The summed E-state index contributed by atoms with van der Waals surface area (Å²) >= 11 is 1.74. The third kappa shape index (κ3) is 5.36. The van der Waals surface area contributed by atoms with E-state index in [0.29, 0.717) is 13.2 Å². The molecule has 1 aliphatic rings. The maximum absolute atomic E-state index is 5.73. The molecule has 0 atom stereocenters. The molecule has 3 rings (SSSR count). The number of hydrogen-bond donors (Lipinski definition) is 2. The first kappa shape index (κ1) is 18.5. The van der Waals surface area contributed by atoms with E-state index in [1.807, 2.05) is 25.1 Å². The molecule has 0 saturated carbocycles. The predicted molar refractivity (Wildman–Crippen MR) is 107 cm³/mol. The fourth-order valence-corrected chi connectivity index (χ4v) is 3.50. The van der Waals surface area contributed by atoms with E-state index >= 15 is 0 Å². The van der Waals surface area contributed by atoms with Crippen LogP contribution in [0.2, 0.25) is 0 Å². The second kappa shape index (κ2) is 9.43. The van der Waals surface area contributed by atoms with Crippen molar-refractivity contribution in [2.75, 3.05) is 32.1 Å². The number of guanidine groups is 1. The van der Waals surface area contributed by atoms with E-state index in [4.69, 9.17) is 9.47 Å². The number of hydrogen-bond acceptors (Lipinski definition) is 5. The summed E-state index contributed by atoms with van der Waals surface area (Å²) in [4.78, 5) is 8.78. The summed E-state index contributed by atoms with van der Waals surface area (Å²) < 4.78 is 11.4. The van der Waals surface area contributed by atoms with Crippen LogP contribution in [-0.4, -0.2) is 37.7 Å². The molecule has 0 aliphatic carbocycles. The third-order valence-corrected chi connectivity index (χ3v) is 5.04. The van der Waals surface area contributed by atoms with Gasteiger partial charge in [-0.2, -0.15) is 0 Å². The zero-order chi connectivity index (χ0) is 18.2. The van der Waals surface area contributed by atoms with Crippen LogP contribution in [0.15, 0.2) is 28.6 Å². The number of ether oxygens (including phenoxy) is 2. The van der Waals surface area contributed by atoms with Crippen molar-refractivity contribution in [2.45, 2.75) is 32.6 Å². The molecule has 0 amide bonds. The lowest BCUT2D eigenvalue weighted by molar-refractivity contribution is 0.297. The Labute approximate surface area is 158 Å². The van der Waals surface area contributed by atoms with Gasteiger partial charge >= 0.3 is 0 Å². The highest BCUT2D eigenvalue weighted by Gasteiger charge is 2.11. The van der Waals surface area contributed by atoms with Crippen LogP contribution in [0, 0.1) is 6.92 Å². The zero-order valence-electron chi connectivity index (χ0n) is 15.4. The van der Waals surface area contributed by atoms with Crippen molar-refractivity contribution in [3.63, 3.8) is 0 Å². The number of benzene rings is 1. The summed E-state index contributed by atoms with van der Waals surface area (Å²) in [6.07, 6.45) is 4.12. The van der Waals surface area contributed by atoms with Crippen molar-refractivity contribution in [2.24, 2.45) is 4.99 Å². The van der Waals surface area contributed by atoms with Gasteiger partial charge in [-0.3, -0.25) is 4.99 Å². The summed E-state index contributed by atoms with van der Waals surface area (Å²) in [5, 5.41) is 9.98. The molecule has 0 spiro atoms. The molecule has 1 aromatic heterocycles. The van der Waals surface area contributed by atoms with Gasteiger partial charge < -0.3 is 20.1 Å². The van der Waals surface area contributed by atoms with Crippen molar-refractivity contribution in [3.8, 4) is 11.5 Å². The minimum Gasteiger partial charge on any atom is -0.490 e. The van der Waals surface area contributed by atoms with Crippen molar-refractivity contribution in [1.29, 1.82) is 0 Å². The molecule has 0 radical (unpaired) electrons. The highest BCUT2D eigenvalue weighted by molar-refractivity contribution is 7.09. The second-order valence-corrected chi connectivity index (χ2v) is 7.12. The second-order valence-electron chi connectivity index (χ2n) is 6.18. The molecule has 0 unspecified atom stereocenters. The monoisotopic (exact) mass is 374 g/mol. The van der Waals surface area contributed by atoms with Gasteiger partial charge in [-0.1, -0.05) is 0 Å². The lowest BCUT2D eigenvalue weighted by Crippen LogP contribution is -2.31. The third-order valence-electron chi connectivity index (χ3n) is 4.01. The first-order chi connectivity index (χ1) is 12.7. The maximum Gasteiger partial charge on any atom is 0.195 e. The molecule has 7 heteroatoms. The lowest BCUT2D eigenvalue weighted by atomic mass is 10.2. The summed E-state index contributed by atoms with van der Waals surface area (Å²) in [6.45, 7) is 4.29. The zero-order valence-corrected chi connectivity index (χ0v) is 16.2. The smallest absolute Gasteiger partial charge is 0.195 e. The Morgan fingerprint density at radius 3 is 2.85 bits per heavy atom. The number of nitrogens with one attached hydrogen (secondary N) is 2. The predicted octanol–water partition coefficient (Wildman–Crippen LogP) is 3.62. The van der Waals surface area contributed by atoms with E-state index in [-0.39, 0.29) is 0 Å². The Morgan fingerprint density at radius 1 is 1.23 bits per heavy atom. The molecule has 2 aromatic rings. The van der Waals surface area contributed by atoms with Crippen molar-refractivity contribution < 1.29 is 9.47 Å². The van der Waals surface area contributed by atoms with Crippen molar-refractivity contribution >= 4 is 23.0 Å². The average Bonchev–Trinajstić information content (AvgIpc) is 2.92. The average molecular weight is 375 g/mol. The van der Waals surface area contributed by atoms with Gasteiger partial charge in [0.25, 0.3) is 0 Å².